The van der Waals surface area contributed by atoms with Gasteiger partial charge >= 0.3 is 0 Å². The lowest BCUT2D eigenvalue weighted by Gasteiger charge is -2.31. The standard InChI is InChI=1S/C20H27N3O4S2/c1-23(17-9-3-2-4-10-17)15-16-8-5-6-13-20(16)22-29(26,27)19-12-7-11-18(14-19)28(21,24)25/h5-8,11-14,17,22H,2-4,9-10,15H2,1H3,(H2,21,24,25). The predicted molar refractivity (Wildman–Crippen MR) is 113 cm³/mol. The van der Waals surface area contributed by atoms with Crippen molar-refractivity contribution in [3.63, 3.8) is 0 Å². The van der Waals surface area contributed by atoms with Crippen molar-refractivity contribution in [1.29, 1.82) is 0 Å². The van der Waals surface area contributed by atoms with Crippen LogP contribution in [0.15, 0.2) is 58.3 Å². The van der Waals surface area contributed by atoms with Gasteiger partial charge in [0, 0.05) is 12.6 Å². The molecule has 158 valence electrons. The number of nitrogens with one attached hydrogen (secondary N) is 1. The zero-order chi connectivity index (χ0) is 21.1. The van der Waals surface area contributed by atoms with Crippen LogP contribution >= 0.6 is 0 Å². The first-order valence-corrected chi connectivity index (χ1v) is 12.6. The van der Waals surface area contributed by atoms with Crippen molar-refractivity contribution in [3.05, 3.63) is 54.1 Å². The molecule has 3 N–H and O–H groups in total. The summed E-state index contributed by atoms with van der Waals surface area (Å²) in [6, 6.07) is 12.8. The average Bonchev–Trinajstić information content (AvgIpc) is 2.69. The molecule has 7 nitrogen and oxygen atoms in total. The minimum Gasteiger partial charge on any atom is -0.299 e. The summed E-state index contributed by atoms with van der Waals surface area (Å²) in [5, 5.41) is 5.12. The molecule has 0 saturated heterocycles. The van der Waals surface area contributed by atoms with Gasteiger partial charge in [0.15, 0.2) is 0 Å². The number of para-hydroxylation sites is 1. The highest BCUT2D eigenvalue weighted by Crippen LogP contribution is 2.26. The molecule has 0 heterocycles. The quantitative estimate of drug-likeness (QED) is 0.692. The second kappa shape index (κ2) is 8.83. The Morgan fingerprint density at radius 2 is 1.62 bits per heavy atom. The third-order valence-electron chi connectivity index (χ3n) is 5.32. The molecule has 0 spiro atoms. The van der Waals surface area contributed by atoms with E-state index in [1.165, 1.54) is 37.5 Å². The fourth-order valence-electron chi connectivity index (χ4n) is 3.70. The maximum absolute atomic E-state index is 12.9. The Hall–Kier alpha value is -1.94. The van der Waals surface area contributed by atoms with E-state index in [0.29, 0.717) is 18.3 Å². The Balaban J connectivity index is 1.83. The van der Waals surface area contributed by atoms with E-state index in [0.717, 1.165) is 24.5 Å². The van der Waals surface area contributed by atoms with Gasteiger partial charge in [-0.1, -0.05) is 43.5 Å². The zero-order valence-corrected chi connectivity index (χ0v) is 18.0. The van der Waals surface area contributed by atoms with Gasteiger partial charge in [0.05, 0.1) is 15.5 Å². The molecule has 0 aliphatic heterocycles. The van der Waals surface area contributed by atoms with Crippen molar-refractivity contribution in [2.45, 2.75) is 54.5 Å². The minimum absolute atomic E-state index is 0.153. The van der Waals surface area contributed by atoms with Gasteiger partial charge in [-0.15, -0.1) is 0 Å². The maximum Gasteiger partial charge on any atom is 0.261 e. The topological polar surface area (TPSA) is 110 Å². The van der Waals surface area contributed by atoms with Gasteiger partial charge in [-0.3, -0.25) is 9.62 Å². The molecule has 1 aliphatic carbocycles. The van der Waals surface area contributed by atoms with Gasteiger partial charge in [-0.05, 0) is 49.7 Å². The van der Waals surface area contributed by atoms with Crippen LogP contribution in [0.5, 0.6) is 0 Å². The van der Waals surface area contributed by atoms with Gasteiger partial charge < -0.3 is 0 Å². The summed E-state index contributed by atoms with van der Waals surface area (Å²) in [7, 11) is -5.90. The second-order valence-electron chi connectivity index (χ2n) is 7.49. The lowest BCUT2D eigenvalue weighted by molar-refractivity contribution is 0.185. The first kappa shape index (κ1) is 21.8. The van der Waals surface area contributed by atoms with Gasteiger partial charge in [-0.25, -0.2) is 22.0 Å². The zero-order valence-electron chi connectivity index (χ0n) is 16.4. The Morgan fingerprint density at radius 1 is 0.966 bits per heavy atom. The maximum atomic E-state index is 12.9. The summed E-state index contributed by atoms with van der Waals surface area (Å²) in [6.45, 7) is 0.626. The van der Waals surface area contributed by atoms with Crippen molar-refractivity contribution >= 4 is 25.7 Å². The first-order chi connectivity index (χ1) is 13.7. The van der Waals surface area contributed by atoms with E-state index in [-0.39, 0.29) is 9.79 Å². The van der Waals surface area contributed by atoms with Crippen LogP contribution in [0.1, 0.15) is 37.7 Å². The van der Waals surface area contributed by atoms with E-state index in [1.54, 1.807) is 12.1 Å². The normalized spacial score (nSPS) is 16.1. The Kier molecular flexibility index (Phi) is 6.62. The second-order valence-corrected chi connectivity index (χ2v) is 10.7. The number of sulfonamides is 2. The smallest absolute Gasteiger partial charge is 0.261 e. The molecule has 9 heteroatoms. The highest BCUT2D eigenvalue weighted by atomic mass is 32.2. The molecule has 0 radical (unpaired) electrons. The Morgan fingerprint density at radius 3 is 2.31 bits per heavy atom. The Bertz CT molecular complexity index is 1060. The molecule has 2 aromatic carbocycles. The summed E-state index contributed by atoms with van der Waals surface area (Å²) in [5.41, 5.74) is 1.35. The first-order valence-electron chi connectivity index (χ1n) is 9.61. The third-order valence-corrected chi connectivity index (χ3v) is 7.60. The van der Waals surface area contributed by atoms with E-state index < -0.39 is 20.0 Å². The molecule has 3 rings (SSSR count). The summed E-state index contributed by atoms with van der Waals surface area (Å²) >= 11 is 0. The summed E-state index contributed by atoms with van der Waals surface area (Å²) in [6.07, 6.45) is 6.04. The summed E-state index contributed by atoms with van der Waals surface area (Å²) in [4.78, 5) is 1.87. The number of nitrogens with zero attached hydrogens (tertiary/aromatic N) is 1. The van der Waals surface area contributed by atoms with Crippen LogP contribution in [0.4, 0.5) is 5.69 Å². The number of hydrogen-bond donors (Lipinski definition) is 2. The molecule has 2 aromatic rings. The molecule has 1 saturated carbocycles. The van der Waals surface area contributed by atoms with Crippen molar-refractivity contribution in [3.8, 4) is 0 Å². The van der Waals surface area contributed by atoms with Gasteiger partial charge in [0.2, 0.25) is 10.0 Å². The molecule has 29 heavy (non-hydrogen) atoms. The van der Waals surface area contributed by atoms with E-state index in [4.69, 9.17) is 5.14 Å². The third kappa shape index (κ3) is 5.57. The molecular formula is C20H27N3O4S2. The van der Waals surface area contributed by atoms with Crippen LogP contribution in [-0.4, -0.2) is 34.8 Å². The van der Waals surface area contributed by atoms with Crippen LogP contribution in [0, 0.1) is 0 Å². The van der Waals surface area contributed by atoms with Crippen molar-refractivity contribution < 1.29 is 16.8 Å². The van der Waals surface area contributed by atoms with E-state index in [1.807, 2.05) is 12.1 Å². The van der Waals surface area contributed by atoms with Crippen molar-refractivity contribution in [2.24, 2.45) is 5.14 Å². The number of hydrogen-bond acceptors (Lipinski definition) is 5. The lowest BCUT2D eigenvalue weighted by atomic mass is 9.94. The summed E-state index contributed by atoms with van der Waals surface area (Å²) < 4.78 is 51.4. The lowest BCUT2D eigenvalue weighted by Crippen LogP contribution is -2.33. The number of benzene rings is 2. The molecule has 1 aliphatic rings. The molecule has 0 aromatic heterocycles. The fourth-order valence-corrected chi connectivity index (χ4v) is 5.48. The van der Waals surface area contributed by atoms with Crippen LogP contribution in [0.3, 0.4) is 0 Å². The van der Waals surface area contributed by atoms with Crippen LogP contribution in [0.25, 0.3) is 0 Å². The fraction of sp³-hybridized carbons (Fsp3) is 0.400. The van der Waals surface area contributed by atoms with E-state index in [2.05, 4.69) is 16.7 Å². The largest absolute Gasteiger partial charge is 0.299 e. The molecule has 0 atom stereocenters. The highest BCUT2D eigenvalue weighted by Gasteiger charge is 2.21. The van der Waals surface area contributed by atoms with Crippen molar-refractivity contribution in [2.75, 3.05) is 11.8 Å². The average molecular weight is 438 g/mol. The van der Waals surface area contributed by atoms with Crippen LogP contribution in [0.2, 0.25) is 0 Å². The molecule has 1 fully saturated rings. The van der Waals surface area contributed by atoms with Gasteiger partial charge in [0.25, 0.3) is 10.0 Å². The number of nitrogens with two attached hydrogens (primary N) is 1. The van der Waals surface area contributed by atoms with Gasteiger partial charge in [0.1, 0.15) is 0 Å². The number of rotatable bonds is 7. The monoisotopic (exact) mass is 437 g/mol. The predicted octanol–water partition coefficient (Wildman–Crippen LogP) is 2.90. The molecule has 0 unspecified atom stereocenters. The number of anilines is 1. The van der Waals surface area contributed by atoms with E-state index in [9.17, 15) is 16.8 Å². The van der Waals surface area contributed by atoms with E-state index >= 15 is 0 Å². The molecular weight excluding hydrogens is 410 g/mol. The Labute approximate surface area is 173 Å². The van der Waals surface area contributed by atoms with Crippen LogP contribution in [-0.2, 0) is 26.6 Å². The highest BCUT2D eigenvalue weighted by molar-refractivity contribution is 7.93. The number of primary sulfonamides is 1. The van der Waals surface area contributed by atoms with Crippen LogP contribution < -0.4 is 9.86 Å². The molecule has 0 bridgehead atoms. The van der Waals surface area contributed by atoms with Crippen molar-refractivity contribution in [1.82, 2.24) is 4.90 Å². The summed E-state index contributed by atoms with van der Waals surface area (Å²) in [5.74, 6) is 0. The molecule has 0 amide bonds. The van der Waals surface area contributed by atoms with Gasteiger partial charge in [-0.2, -0.15) is 0 Å². The SMILES string of the molecule is CN(Cc1ccccc1NS(=O)(=O)c1cccc(S(N)(=O)=O)c1)C1CCCCC1. The minimum atomic E-state index is -3.99.